The van der Waals surface area contributed by atoms with Gasteiger partial charge in [0.1, 0.15) is 5.82 Å². The summed E-state index contributed by atoms with van der Waals surface area (Å²) >= 11 is 0. The molecule has 0 spiro atoms. The van der Waals surface area contributed by atoms with E-state index in [1.165, 1.54) is 17.7 Å². The molecule has 0 atom stereocenters. The number of hydrogen-bond donors (Lipinski definition) is 3. The number of ether oxygens (including phenoxy) is 2. The van der Waals surface area contributed by atoms with Crippen LogP contribution < -0.4 is 25.2 Å². The predicted molar refractivity (Wildman–Crippen MR) is 152 cm³/mol. The first-order valence-corrected chi connectivity index (χ1v) is 14.2. The number of primary sulfonamides is 1. The number of likely N-dealkylation sites (tertiary alicyclic amines) is 1. The Hall–Kier alpha value is -3.93. The molecular formula is C28H32N6O4S. The summed E-state index contributed by atoms with van der Waals surface area (Å²) in [6.45, 7) is 2.88. The third-order valence-corrected chi connectivity index (χ3v) is 7.71. The van der Waals surface area contributed by atoms with Gasteiger partial charge < -0.3 is 20.1 Å². The summed E-state index contributed by atoms with van der Waals surface area (Å²) in [5.74, 6) is 2.10. The Morgan fingerprint density at radius 3 is 2.36 bits per heavy atom. The van der Waals surface area contributed by atoms with E-state index in [1.807, 2.05) is 12.1 Å². The lowest BCUT2D eigenvalue weighted by Crippen LogP contribution is -2.38. The lowest BCUT2D eigenvalue weighted by molar-refractivity contribution is 0.211. The Balaban J connectivity index is 1.41. The van der Waals surface area contributed by atoms with Crippen LogP contribution >= 0.6 is 0 Å². The fraction of sp³-hybridized carbons (Fsp3) is 0.286. The molecule has 1 aliphatic heterocycles. The number of sulfonamides is 1. The number of hydrogen-bond acceptors (Lipinski definition) is 9. The maximum atomic E-state index is 11.8. The summed E-state index contributed by atoms with van der Waals surface area (Å²) in [4.78, 5) is 11.9. The van der Waals surface area contributed by atoms with Crippen molar-refractivity contribution in [2.75, 3.05) is 37.9 Å². The molecule has 1 saturated heterocycles. The number of nitrogens with one attached hydrogen (secondary N) is 2. The first kappa shape index (κ1) is 26.7. The van der Waals surface area contributed by atoms with Gasteiger partial charge in [-0.25, -0.2) is 18.5 Å². The molecule has 1 aliphatic rings. The van der Waals surface area contributed by atoms with Gasteiger partial charge in [0, 0.05) is 42.8 Å². The third kappa shape index (κ3) is 6.39. The van der Waals surface area contributed by atoms with Crippen LogP contribution in [0.3, 0.4) is 0 Å². The van der Waals surface area contributed by atoms with E-state index < -0.39 is 10.0 Å². The minimum absolute atomic E-state index is 0.000283. The smallest absolute Gasteiger partial charge is 0.238 e. The van der Waals surface area contributed by atoms with Crippen molar-refractivity contribution < 1.29 is 17.9 Å². The van der Waals surface area contributed by atoms with E-state index in [9.17, 15) is 8.42 Å². The van der Waals surface area contributed by atoms with E-state index in [4.69, 9.17) is 19.6 Å². The van der Waals surface area contributed by atoms with Gasteiger partial charge in [-0.05, 0) is 42.7 Å². The fourth-order valence-electron chi connectivity index (χ4n) is 4.77. The second kappa shape index (κ2) is 11.4. The Kier molecular flexibility index (Phi) is 7.82. The van der Waals surface area contributed by atoms with E-state index in [-0.39, 0.29) is 10.9 Å². The number of rotatable bonds is 9. The van der Waals surface area contributed by atoms with Crippen LogP contribution in [0.2, 0.25) is 0 Å². The second-order valence-corrected chi connectivity index (χ2v) is 11.1. The van der Waals surface area contributed by atoms with Crippen LogP contribution in [0.4, 0.5) is 17.5 Å². The Morgan fingerprint density at radius 1 is 0.949 bits per heavy atom. The molecule has 0 radical (unpaired) electrons. The molecule has 1 fully saturated rings. The molecule has 10 nitrogen and oxygen atoms in total. The average Bonchev–Trinajstić information content (AvgIpc) is 2.93. The molecule has 2 heterocycles. The van der Waals surface area contributed by atoms with Gasteiger partial charge in [-0.2, -0.15) is 4.98 Å². The molecule has 0 bridgehead atoms. The van der Waals surface area contributed by atoms with Crippen molar-refractivity contribution in [1.82, 2.24) is 14.9 Å². The minimum atomic E-state index is -3.85. The van der Waals surface area contributed by atoms with Gasteiger partial charge in [-0.15, -0.1) is 0 Å². The van der Waals surface area contributed by atoms with Crippen LogP contribution in [0.15, 0.2) is 71.6 Å². The highest BCUT2D eigenvalue weighted by Crippen LogP contribution is 2.35. The number of fused-ring (bicyclic) bond motifs is 1. The maximum Gasteiger partial charge on any atom is 0.238 e. The van der Waals surface area contributed by atoms with Crippen molar-refractivity contribution in [2.45, 2.75) is 30.3 Å². The summed E-state index contributed by atoms with van der Waals surface area (Å²) in [6, 6.07) is 20.6. The fourth-order valence-corrected chi connectivity index (χ4v) is 5.33. The van der Waals surface area contributed by atoms with Crippen molar-refractivity contribution >= 4 is 38.4 Å². The zero-order chi connectivity index (χ0) is 27.4. The highest BCUT2D eigenvalue weighted by atomic mass is 32.2. The number of nitrogens with zero attached hydrogens (tertiary/aromatic N) is 3. The molecule has 4 N–H and O–H groups in total. The summed E-state index contributed by atoms with van der Waals surface area (Å²) in [7, 11) is -0.682. The van der Waals surface area contributed by atoms with Crippen molar-refractivity contribution in [3.05, 3.63) is 72.3 Å². The van der Waals surface area contributed by atoms with Gasteiger partial charge in [-0.1, -0.05) is 36.4 Å². The van der Waals surface area contributed by atoms with Gasteiger partial charge in [0.05, 0.1) is 24.6 Å². The number of aromatic nitrogens is 2. The molecule has 0 unspecified atom stereocenters. The summed E-state index contributed by atoms with van der Waals surface area (Å²) in [5.41, 5.74) is 2.47. The van der Waals surface area contributed by atoms with Gasteiger partial charge in [0.15, 0.2) is 11.5 Å². The predicted octanol–water partition coefficient (Wildman–Crippen LogP) is 4.11. The lowest BCUT2D eigenvalue weighted by Gasteiger charge is -2.33. The second-order valence-electron chi connectivity index (χ2n) is 9.50. The topological polar surface area (TPSA) is 132 Å². The Morgan fingerprint density at radius 2 is 1.67 bits per heavy atom. The largest absolute Gasteiger partial charge is 0.493 e. The van der Waals surface area contributed by atoms with Crippen LogP contribution in [-0.2, 0) is 16.6 Å². The summed E-state index contributed by atoms with van der Waals surface area (Å²) in [6.07, 6.45) is 1.93. The molecule has 0 amide bonds. The van der Waals surface area contributed by atoms with Crippen LogP contribution in [0.5, 0.6) is 11.5 Å². The van der Waals surface area contributed by atoms with Crippen LogP contribution in [0.1, 0.15) is 18.4 Å². The molecule has 39 heavy (non-hydrogen) atoms. The Labute approximate surface area is 228 Å². The van der Waals surface area contributed by atoms with Crippen molar-refractivity contribution in [1.29, 1.82) is 0 Å². The van der Waals surface area contributed by atoms with Crippen LogP contribution in [0.25, 0.3) is 10.9 Å². The summed E-state index contributed by atoms with van der Waals surface area (Å²) < 4.78 is 34.7. The highest BCUT2D eigenvalue weighted by Gasteiger charge is 2.22. The number of piperidine rings is 1. The van der Waals surface area contributed by atoms with Crippen molar-refractivity contribution in [3.8, 4) is 11.5 Å². The van der Waals surface area contributed by atoms with Gasteiger partial charge in [0.2, 0.25) is 16.0 Å². The monoisotopic (exact) mass is 548 g/mol. The zero-order valence-electron chi connectivity index (χ0n) is 21.9. The van der Waals surface area contributed by atoms with E-state index in [0.717, 1.165) is 37.9 Å². The SMILES string of the molecule is COc1cc2nc(Nc3cccc(S(N)(=O)=O)c3)nc(NC3CCN(Cc4ccccc4)CC3)c2cc1OC. The molecule has 4 aromatic rings. The Bertz CT molecular complexity index is 1560. The number of benzene rings is 3. The average molecular weight is 549 g/mol. The van der Waals surface area contributed by atoms with Crippen molar-refractivity contribution in [3.63, 3.8) is 0 Å². The van der Waals surface area contributed by atoms with Gasteiger partial charge >= 0.3 is 0 Å². The molecule has 0 saturated carbocycles. The van der Waals surface area contributed by atoms with E-state index in [2.05, 4.69) is 44.8 Å². The van der Waals surface area contributed by atoms with E-state index >= 15 is 0 Å². The number of methoxy groups -OCH3 is 2. The first-order valence-electron chi connectivity index (χ1n) is 12.7. The number of anilines is 3. The third-order valence-electron chi connectivity index (χ3n) is 6.80. The molecule has 3 aromatic carbocycles. The highest BCUT2D eigenvalue weighted by molar-refractivity contribution is 7.89. The molecule has 11 heteroatoms. The number of nitrogens with two attached hydrogens (primary N) is 1. The van der Waals surface area contributed by atoms with Crippen LogP contribution in [0, 0.1) is 0 Å². The normalized spacial score (nSPS) is 14.7. The maximum absolute atomic E-state index is 11.8. The van der Waals surface area contributed by atoms with Gasteiger partial charge in [0.25, 0.3) is 0 Å². The molecule has 204 valence electrons. The molecule has 1 aromatic heterocycles. The lowest BCUT2D eigenvalue weighted by atomic mass is 10.0. The van der Waals surface area contributed by atoms with Crippen molar-refractivity contribution in [2.24, 2.45) is 5.14 Å². The zero-order valence-corrected chi connectivity index (χ0v) is 22.7. The summed E-state index contributed by atoms with van der Waals surface area (Å²) in [5, 5.41) is 12.9. The van der Waals surface area contributed by atoms with Gasteiger partial charge in [-0.3, -0.25) is 4.90 Å². The quantitative estimate of drug-likeness (QED) is 0.283. The van der Waals surface area contributed by atoms with E-state index in [0.29, 0.717) is 34.5 Å². The van der Waals surface area contributed by atoms with Crippen LogP contribution in [-0.4, -0.2) is 56.6 Å². The minimum Gasteiger partial charge on any atom is -0.493 e. The molecule has 0 aliphatic carbocycles. The molecule has 5 rings (SSSR count). The standard InChI is InChI=1S/C28H32N6O4S/c1-37-25-16-23-24(17-26(25)38-2)32-28(31-21-9-6-10-22(15-21)39(29,35)36)33-27(23)30-20-11-13-34(14-12-20)18-19-7-4-3-5-8-19/h3-10,15-17,20H,11-14,18H2,1-2H3,(H2,29,35,36)(H2,30,31,32,33). The first-order chi connectivity index (χ1) is 18.8. The van der Waals surface area contributed by atoms with E-state index in [1.54, 1.807) is 32.4 Å². The molecular weight excluding hydrogens is 516 g/mol.